The van der Waals surface area contributed by atoms with Crippen LogP contribution in [0.4, 0.5) is 13.2 Å². The molecule has 6 rings (SSSR count). The number of nitrogens with one attached hydrogen (secondary N) is 1. The Morgan fingerprint density at radius 2 is 1.79 bits per heavy atom. The highest BCUT2D eigenvalue weighted by Crippen LogP contribution is 2.48. The Kier molecular flexibility index (Phi) is 9.30. The van der Waals surface area contributed by atoms with Crippen LogP contribution < -0.4 is 11.1 Å². The maximum atomic E-state index is 14.4. The van der Waals surface area contributed by atoms with E-state index in [9.17, 15) is 18.0 Å². The van der Waals surface area contributed by atoms with Gasteiger partial charge in [-0.1, -0.05) is 39.5 Å². The van der Waals surface area contributed by atoms with Gasteiger partial charge in [-0.2, -0.15) is 13.2 Å². The quantitative estimate of drug-likeness (QED) is 0.382. The summed E-state index contributed by atoms with van der Waals surface area (Å²) in [7, 11) is 1.73. The Labute approximate surface area is 253 Å². The zero-order chi connectivity index (χ0) is 30.3. The van der Waals surface area contributed by atoms with Gasteiger partial charge in [-0.05, 0) is 79.9 Å². The first-order valence-corrected chi connectivity index (χ1v) is 16.7. The van der Waals surface area contributed by atoms with Crippen molar-refractivity contribution < 1.29 is 17.9 Å². The zero-order valence-electron chi connectivity index (χ0n) is 26.1. The Morgan fingerprint density at radius 1 is 1.02 bits per heavy atom. The normalized spacial score (nSPS) is 30.6. The number of nitrogens with zero attached hydrogens (tertiary/aromatic N) is 4. The van der Waals surface area contributed by atoms with Crippen molar-refractivity contribution in [2.24, 2.45) is 29.6 Å². The molecule has 0 radical (unpaired) electrons. The predicted molar refractivity (Wildman–Crippen MR) is 162 cm³/mol. The minimum atomic E-state index is -4.53. The van der Waals surface area contributed by atoms with Crippen molar-refractivity contribution in [2.75, 3.05) is 39.9 Å². The molecule has 6 atom stereocenters. The third-order valence-corrected chi connectivity index (χ3v) is 11.1. The van der Waals surface area contributed by atoms with Crippen LogP contribution in [0, 0.1) is 29.6 Å². The van der Waals surface area contributed by atoms with Gasteiger partial charge in [0.15, 0.2) is 0 Å². The number of hydrogen-bond donors (Lipinski definition) is 1. The fraction of sp³-hybridized carbons (Fsp3) is 0.788. The van der Waals surface area contributed by atoms with E-state index in [-0.39, 0.29) is 17.2 Å². The van der Waals surface area contributed by atoms with Crippen molar-refractivity contribution in [3.8, 4) is 0 Å². The molecule has 4 aliphatic rings. The molecular weight excluding hydrogens is 555 g/mol. The van der Waals surface area contributed by atoms with Gasteiger partial charge in [-0.3, -0.25) is 19.3 Å². The first-order chi connectivity index (χ1) is 20.6. The van der Waals surface area contributed by atoms with Crippen molar-refractivity contribution in [3.63, 3.8) is 0 Å². The van der Waals surface area contributed by atoms with Gasteiger partial charge in [0.1, 0.15) is 0 Å². The van der Waals surface area contributed by atoms with Gasteiger partial charge in [0.05, 0.1) is 17.7 Å². The van der Waals surface area contributed by atoms with Gasteiger partial charge in [0, 0.05) is 57.8 Å². The highest BCUT2D eigenvalue weighted by molar-refractivity contribution is 5.56. The van der Waals surface area contributed by atoms with Gasteiger partial charge in [-0.15, -0.1) is 0 Å². The summed E-state index contributed by atoms with van der Waals surface area (Å²) in [6.07, 6.45) is 8.41. The molecule has 2 aliphatic carbocycles. The number of ether oxygens (including phenoxy) is 1. The number of fused-ring (bicyclic) bond motifs is 1. The molecule has 7 nitrogen and oxygen atoms in total. The number of pyridine rings is 1. The minimum Gasteiger partial charge on any atom is -0.383 e. The van der Waals surface area contributed by atoms with Crippen LogP contribution in [-0.2, 0) is 17.5 Å². The predicted octanol–water partition coefficient (Wildman–Crippen LogP) is 5.97. The lowest BCUT2D eigenvalue weighted by molar-refractivity contribution is -0.136. The lowest BCUT2D eigenvalue weighted by Crippen LogP contribution is -2.48. The van der Waals surface area contributed by atoms with Gasteiger partial charge in [0.25, 0.3) is 0 Å². The molecule has 2 aromatic heterocycles. The Morgan fingerprint density at radius 3 is 2.49 bits per heavy atom. The van der Waals surface area contributed by atoms with Crippen LogP contribution in [0.25, 0.3) is 5.52 Å². The SMILES string of the molecule is COCCN1CC(C)C([C@H](C2CCC2)C2CCCC(n3cc4c(C(F)(F)F)cc(CN5CCC[C@H](C)C5)cn4c3=O)C2)N1. The number of halogens is 3. The van der Waals surface area contributed by atoms with Gasteiger partial charge < -0.3 is 4.74 Å². The molecule has 10 heteroatoms. The van der Waals surface area contributed by atoms with Gasteiger partial charge >= 0.3 is 11.9 Å². The molecule has 43 heavy (non-hydrogen) atoms. The third kappa shape index (κ3) is 6.58. The number of likely N-dealkylation sites (tertiary alicyclic amines) is 1. The van der Waals surface area contributed by atoms with Crippen LogP contribution in [-0.4, -0.2) is 64.8 Å². The molecule has 2 saturated carbocycles. The largest absolute Gasteiger partial charge is 0.418 e. The van der Waals surface area contributed by atoms with E-state index < -0.39 is 11.7 Å². The number of rotatable bonds is 9. The molecule has 0 aromatic carbocycles. The smallest absolute Gasteiger partial charge is 0.383 e. The minimum absolute atomic E-state index is 0.0224. The molecule has 240 valence electrons. The molecule has 2 aromatic rings. The van der Waals surface area contributed by atoms with Crippen LogP contribution in [0.3, 0.4) is 0 Å². The topological polar surface area (TPSA) is 54.2 Å². The van der Waals surface area contributed by atoms with Gasteiger partial charge in [0.2, 0.25) is 0 Å². The van der Waals surface area contributed by atoms with Crippen LogP contribution in [0.15, 0.2) is 23.3 Å². The van der Waals surface area contributed by atoms with Crippen LogP contribution >= 0.6 is 0 Å². The third-order valence-electron chi connectivity index (χ3n) is 11.1. The molecule has 4 fully saturated rings. The molecule has 1 N–H and O–H groups in total. The summed E-state index contributed by atoms with van der Waals surface area (Å²) < 4.78 is 51.4. The molecule has 0 amide bonds. The highest BCUT2D eigenvalue weighted by atomic mass is 19.4. The van der Waals surface area contributed by atoms with Crippen molar-refractivity contribution in [1.82, 2.24) is 24.3 Å². The van der Waals surface area contributed by atoms with E-state index in [0.29, 0.717) is 54.3 Å². The number of piperidine rings is 1. The number of methoxy groups -OCH3 is 1. The van der Waals surface area contributed by atoms with E-state index in [1.54, 1.807) is 17.9 Å². The number of alkyl halides is 3. The van der Waals surface area contributed by atoms with Crippen molar-refractivity contribution >= 4 is 5.52 Å². The molecule has 0 spiro atoms. The van der Waals surface area contributed by atoms with Gasteiger partial charge in [-0.25, -0.2) is 9.80 Å². The van der Waals surface area contributed by atoms with E-state index in [1.165, 1.54) is 35.9 Å². The van der Waals surface area contributed by atoms with E-state index in [1.807, 2.05) is 0 Å². The van der Waals surface area contributed by atoms with Crippen molar-refractivity contribution in [3.05, 3.63) is 40.1 Å². The first-order valence-electron chi connectivity index (χ1n) is 16.7. The highest BCUT2D eigenvalue weighted by Gasteiger charge is 2.45. The van der Waals surface area contributed by atoms with Crippen LogP contribution in [0.5, 0.6) is 0 Å². The standard InChI is InChI=1S/C33H50F3N5O2/c1-22-7-6-12-38(17-22)19-24-15-28(33(34,35)36)29-21-40(32(42)41(29)20-24)27-11-5-10-26(16-27)30(25-8-4-9-25)31-23(2)18-39(37-31)13-14-43-3/h15,20-23,25-27,30-31,37H,4-14,16-19H2,1-3H3/t22-,23?,26?,27?,30+,31?/m0/s1. The van der Waals surface area contributed by atoms with Crippen molar-refractivity contribution in [1.29, 1.82) is 0 Å². The second kappa shape index (κ2) is 12.9. The lowest BCUT2D eigenvalue weighted by atomic mass is 9.62. The maximum absolute atomic E-state index is 14.4. The zero-order valence-corrected chi connectivity index (χ0v) is 26.1. The molecule has 2 aliphatic heterocycles. The Hall–Kier alpha value is -1.88. The summed E-state index contributed by atoms with van der Waals surface area (Å²) in [5, 5.41) is 2.30. The average Bonchev–Trinajstić information content (AvgIpc) is 3.47. The first kappa shape index (κ1) is 31.1. The molecule has 4 unspecified atom stereocenters. The van der Waals surface area contributed by atoms with Crippen molar-refractivity contribution in [2.45, 2.75) is 96.4 Å². The van der Waals surface area contributed by atoms with E-state index in [2.05, 4.69) is 29.2 Å². The summed E-state index contributed by atoms with van der Waals surface area (Å²) in [5.41, 5.74) is 3.32. The van der Waals surface area contributed by atoms with Crippen LogP contribution in [0.2, 0.25) is 0 Å². The summed E-state index contributed by atoms with van der Waals surface area (Å²) >= 11 is 0. The summed E-state index contributed by atoms with van der Waals surface area (Å²) in [6, 6.07) is 1.58. The number of hydrogen-bond acceptors (Lipinski definition) is 5. The van der Waals surface area contributed by atoms with E-state index in [4.69, 9.17) is 4.74 Å². The fourth-order valence-corrected chi connectivity index (χ4v) is 8.80. The van der Waals surface area contributed by atoms with Crippen LogP contribution in [0.1, 0.15) is 88.8 Å². The Balaban J connectivity index is 1.27. The second-order valence-electron chi connectivity index (χ2n) is 14.2. The monoisotopic (exact) mass is 605 g/mol. The molecule has 0 bridgehead atoms. The number of hydrazine groups is 1. The Bertz CT molecular complexity index is 1300. The van der Waals surface area contributed by atoms with E-state index >= 15 is 0 Å². The van der Waals surface area contributed by atoms with E-state index in [0.717, 1.165) is 64.7 Å². The maximum Gasteiger partial charge on any atom is 0.418 e. The molecule has 4 heterocycles. The fourth-order valence-electron chi connectivity index (χ4n) is 8.80. The molecule has 2 saturated heterocycles. The number of imidazole rings is 1. The average molecular weight is 606 g/mol. The summed E-state index contributed by atoms with van der Waals surface area (Å²) in [5.74, 6) is 2.67. The lowest BCUT2D eigenvalue weighted by Gasteiger charge is -2.46. The summed E-state index contributed by atoms with van der Waals surface area (Å²) in [6.45, 7) is 9.26. The second-order valence-corrected chi connectivity index (χ2v) is 14.2. The summed E-state index contributed by atoms with van der Waals surface area (Å²) in [4.78, 5) is 16.1. The molecular formula is C33H50F3N5O2. The number of aromatic nitrogens is 2.